The van der Waals surface area contributed by atoms with Crippen LogP contribution in [0.5, 0.6) is 0 Å². The summed E-state index contributed by atoms with van der Waals surface area (Å²) in [4.78, 5) is 17.8. The molecule has 5 nitrogen and oxygen atoms in total. The van der Waals surface area contributed by atoms with Gasteiger partial charge in [0.15, 0.2) is 0 Å². The zero-order chi connectivity index (χ0) is 14.8. The second-order valence-corrected chi connectivity index (χ2v) is 6.01. The van der Waals surface area contributed by atoms with Crippen molar-refractivity contribution in [3.63, 3.8) is 0 Å². The Kier molecular flexibility index (Phi) is 3.92. The Morgan fingerprint density at radius 3 is 3.00 bits per heavy atom. The van der Waals surface area contributed by atoms with Crippen LogP contribution >= 0.6 is 0 Å². The SMILES string of the molecule is CN(C)CCC1=CN=C2C=CC(C[C@H]3COC(=O)N3)=CC12. The molecule has 2 atom stereocenters. The second-order valence-electron chi connectivity index (χ2n) is 6.01. The topological polar surface area (TPSA) is 53.9 Å². The highest BCUT2D eigenvalue weighted by Gasteiger charge is 2.27. The van der Waals surface area contributed by atoms with E-state index in [1.54, 1.807) is 0 Å². The number of aliphatic imine (C=N–C) groups is 1. The van der Waals surface area contributed by atoms with Crippen molar-refractivity contribution in [3.05, 3.63) is 35.6 Å². The van der Waals surface area contributed by atoms with E-state index in [4.69, 9.17) is 4.74 Å². The number of carbonyl (C=O) groups is 1. The molecule has 1 unspecified atom stereocenters. The van der Waals surface area contributed by atoms with E-state index < -0.39 is 0 Å². The minimum absolute atomic E-state index is 0.0856. The maximum absolute atomic E-state index is 11.1. The Balaban J connectivity index is 1.63. The van der Waals surface area contributed by atoms with Crippen molar-refractivity contribution in [3.8, 4) is 0 Å². The van der Waals surface area contributed by atoms with Crippen LogP contribution in [0.15, 0.2) is 40.6 Å². The average Bonchev–Trinajstić information content (AvgIpc) is 3.03. The Hall–Kier alpha value is -1.88. The van der Waals surface area contributed by atoms with Gasteiger partial charge >= 0.3 is 6.09 Å². The van der Waals surface area contributed by atoms with Crippen LogP contribution in [0.3, 0.4) is 0 Å². The van der Waals surface area contributed by atoms with Crippen molar-refractivity contribution in [1.29, 1.82) is 0 Å². The first-order valence-corrected chi connectivity index (χ1v) is 7.35. The number of amides is 1. The fourth-order valence-corrected chi connectivity index (χ4v) is 2.84. The van der Waals surface area contributed by atoms with E-state index in [-0.39, 0.29) is 12.1 Å². The molecule has 0 aromatic heterocycles. The molecule has 0 bridgehead atoms. The van der Waals surface area contributed by atoms with Crippen LogP contribution in [-0.4, -0.2) is 50.0 Å². The van der Waals surface area contributed by atoms with Crippen LogP contribution in [0.4, 0.5) is 4.79 Å². The number of carbonyl (C=O) groups excluding carboxylic acids is 1. The monoisotopic (exact) mass is 287 g/mol. The fourth-order valence-electron chi connectivity index (χ4n) is 2.84. The number of alkyl carbamates (subject to hydrolysis) is 1. The molecular weight excluding hydrogens is 266 g/mol. The van der Waals surface area contributed by atoms with Crippen LogP contribution in [-0.2, 0) is 4.74 Å². The lowest BCUT2D eigenvalue weighted by molar-refractivity contribution is 0.177. The first-order valence-electron chi connectivity index (χ1n) is 7.35. The van der Waals surface area contributed by atoms with Gasteiger partial charge in [0.25, 0.3) is 0 Å². The lowest BCUT2D eigenvalue weighted by atomic mass is 9.86. The summed E-state index contributed by atoms with van der Waals surface area (Å²) in [5.41, 5.74) is 3.74. The molecule has 1 aliphatic carbocycles. The molecule has 112 valence electrons. The smallest absolute Gasteiger partial charge is 0.407 e. The predicted molar refractivity (Wildman–Crippen MR) is 82.3 cm³/mol. The fraction of sp³-hybridized carbons (Fsp3) is 0.500. The normalized spacial score (nSPS) is 27.0. The number of hydrogen-bond acceptors (Lipinski definition) is 4. The quantitative estimate of drug-likeness (QED) is 0.840. The van der Waals surface area contributed by atoms with E-state index in [1.807, 2.05) is 6.20 Å². The molecule has 2 aliphatic heterocycles. The van der Waals surface area contributed by atoms with Gasteiger partial charge in [-0.2, -0.15) is 0 Å². The molecule has 3 aliphatic rings. The van der Waals surface area contributed by atoms with E-state index in [9.17, 15) is 4.79 Å². The van der Waals surface area contributed by atoms with Gasteiger partial charge in [0.1, 0.15) is 6.61 Å². The number of ether oxygens (including phenoxy) is 1. The first-order chi connectivity index (χ1) is 10.1. The molecule has 1 saturated heterocycles. The van der Waals surface area contributed by atoms with Crippen LogP contribution in [0.1, 0.15) is 12.8 Å². The van der Waals surface area contributed by atoms with E-state index in [0.29, 0.717) is 12.5 Å². The van der Waals surface area contributed by atoms with Gasteiger partial charge in [-0.3, -0.25) is 4.99 Å². The Bertz CT molecular complexity index is 558. The number of cyclic esters (lactones) is 1. The van der Waals surface area contributed by atoms with Crippen LogP contribution in [0.2, 0.25) is 0 Å². The number of allylic oxidation sites excluding steroid dienone is 3. The number of rotatable bonds is 5. The first kappa shape index (κ1) is 14.1. The van der Waals surface area contributed by atoms with E-state index >= 15 is 0 Å². The Morgan fingerprint density at radius 1 is 1.43 bits per heavy atom. The number of nitrogens with zero attached hydrogens (tertiary/aromatic N) is 2. The van der Waals surface area contributed by atoms with Gasteiger partial charge in [0.2, 0.25) is 0 Å². The van der Waals surface area contributed by atoms with Crippen molar-refractivity contribution in [2.24, 2.45) is 10.9 Å². The van der Waals surface area contributed by atoms with Gasteiger partial charge in [-0.1, -0.05) is 12.2 Å². The van der Waals surface area contributed by atoms with Crippen molar-refractivity contribution >= 4 is 11.8 Å². The molecule has 2 heterocycles. The minimum Gasteiger partial charge on any atom is -0.447 e. The number of fused-ring (bicyclic) bond motifs is 1. The molecular formula is C16H21N3O2. The highest BCUT2D eigenvalue weighted by Crippen LogP contribution is 2.30. The summed E-state index contributed by atoms with van der Waals surface area (Å²) in [6, 6.07) is 0.0856. The molecule has 0 radical (unpaired) electrons. The van der Waals surface area contributed by atoms with Gasteiger partial charge in [-0.05, 0) is 44.2 Å². The lowest BCUT2D eigenvalue weighted by Crippen LogP contribution is -2.27. The van der Waals surface area contributed by atoms with Crippen LogP contribution in [0, 0.1) is 5.92 Å². The summed E-state index contributed by atoms with van der Waals surface area (Å²) in [6.45, 7) is 1.49. The third-order valence-corrected chi connectivity index (χ3v) is 4.01. The van der Waals surface area contributed by atoms with Gasteiger partial charge in [0, 0.05) is 18.7 Å². The van der Waals surface area contributed by atoms with Crippen LogP contribution < -0.4 is 5.32 Å². The molecule has 0 saturated carbocycles. The maximum atomic E-state index is 11.1. The van der Waals surface area contributed by atoms with Gasteiger partial charge in [-0.25, -0.2) is 4.79 Å². The molecule has 1 fully saturated rings. The lowest BCUT2D eigenvalue weighted by Gasteiger charge is -2.20. The summed E-state index contributed by atoms with van der Waals surface area (Å²) in [5.74, 6) is 0.308. The zero-order valence-electron chi connectivity index (χ0n) is 12.5. The molecule has 1 amide bonds. The van der Waals surface area contributed by atoms with Gasteiger partial charge < -0.3 is 15.0 Å². The zero-order valence-corrected chi connectivity index (χ0v) is 12.5. The molecule has 3 rings (SSSR count). The third-order valence-electron chi connectivity index (χ3n) is 4.01. The largest absolute Gasteiger partial charge is 0.447 e. The number of nitrogens with one attached hydrogen (secondary N) is 1. The second kappa shape index (κ2) is 5.85. The van der Waals surface area contributed by atoms with E-state index in [0.717, 1.165) is 25.1 Å². The molecule has 0 spiro atoms. The molecule has 0 aromatic carbocycles. The standard InChI is InChI=1S/C16H21N3O2/c1-19(2)6-5-12-9-17-15-4-3-11(8-14(12)15)7-13-10-21-16(20)18-13/h3-4,8-9,13-14H,5-7,10H2,1-2H3,(H,18,20)/t13-,14?/m0/s1. The maximum Gasteiger partial charge on any atom is 0.407 e. The Labute approximate surface area is 125 Å². The highest BCUT2D eigenvalue weighted by molar-refractivity contribution is 6.03. The molecule has 1 N–H and O–H groups in total. The van der Waals surface area contributed by atoms with Crippen molar-refractivity contribution < 1.29 is 9.53 Å². The summed E-state index contributed by atoms with van der Waals surface area (Å²) < 4.78 is 4.94. The third kappa shape index (κ3) is 3.24. The molecule has 5 heteroatoms. The van der Waals surface area contributed by atoms with Gasteiger partial charge in [0.05, 0.1) is 11.8 Å². The van der Waals surface area contributed by atoms with Crippen molar-refractivity contribution in [2.75, 3.05) is 27.2 Å². The Morgan fingerprint density at radius 2 is 2.29 bits per heavy atom. The number of hydrogen-bond donors (Lipinski definition) is 1. The summed E-state index contributed by atoms with van der Waals surface area (Å²) in [6.07, 6.45) is 10.0. The predicted octanol–water partition coefficient (Wildman–Crippen LogP) is 1.89. The van der Waals surface area contributed by atoms with Crippen molar-refractivity contribution in [2.45, 2.75) is 18.9 Å². The van der Waals surface area contributed by atoms with Gasteiger partial charge in [-0.15, -0.1) is 0 Å². The van der Waals surface area contributed by atoms with Crippen molar-refractivity contribution in [1.82, 2.24) is 10.2 Å². The van der Waals surface area contributed by atoms with Crippen LogP contribution in [0.25, 0.3) is 0 Å². The summed E-state index contributed by atoms with van der Waals surface area (Å²) in [7, 11) is 4.17. The van der Waals surface area contributed by atoms with E-state index in [2.05, 4.69) is 47.5 Å². The molecule has 0 aromatic rings. The molecule has 21 heavy (non-hydrogen) atoms. The highest BCUT2D eigenvalue weighted by atomic mass is 16.6. The summed E-state index contributed by atoms with van der Waals surface area (Å²) >= 11 is 0. The summed E-state index contributed by atoms with van der Waals surface area (Å²) in [5, 5.41) is 2.82. The minimum atomic E-state index is -0.310. The van der Waals surface area contributed by atoms with E-state index in [1.165, 1.54) is 11.1 Å². The average molecular weight is 287 g/mol.